The molecule has 1 N–H and O–H groups in total. The minimum Gasteiger partial charge on any atom is -0.352 e. The highest BCUT2D eigenvalue weighted by Gasteiger charge is 2.21. The normalized spacial score (nSPS) is 21.1. The summed E-state index contributed by atoms with van der Waals surface area (Å²) in [4.78, 5) is 10.6. The molecule has 2 heterocycles. The highest BCUT2D eigenvalue weighted by atomic mass is 15.2. The van der Waals surface area contributed by atoms with E-state index in [0.29, 0.717) is 6.04 Å². The molecular formula is C10H16N4. The number of hydrogen-bond donors (Lipinski definition) is 1. The fraction of sp³-hybridized carbons (Fsp3) is 0.600. The fourth-order valence-electron chi connectivity index (χ4n) is 1.97. The van der Waals surface area contributed by atoms with E-state index in [-0.39, 0.29) is 0 Å². The Morgan fingerprint density at radius 2 is 2.57 bits per heavy atom. The van der Waals surface area contributed by atoms with Crippen LogP contribution in [0.3, 0.4) is 0 Å². The molecule has 1 aromatic heterocycles. The Morgan fingerprint density at radius 1 is 1.64 bits per heavy atom. The van der Waals surface area contributed by atoms with Crippen molar-refractivity contribution < 1.29 is 0 Å². The van der Waals surface area contributed by atoms with E-state index in [0.717, 1.165) is 25.5 Å². The summed E-state index contributed by atoms with van der Waals surface area (Å²) in [7, 11) is 0. The van der Waals surface area contributed by atoms with E-state index in [1.807, 2.05) is 6.07 Å². The zero-order valence-electron chi connectivity index (χ0n) is 8.48. The van der Waals surface area contributed by atoms with Crippen LogP contribution in [-0.2, 0) is 0 Å². The van der Waals surface area contributed by atoms with Crippen LogP contribution in [0.15, 0.2) is 18.6 Å². The first-order chi connectivity index (χ1) is 6.92. The Hall–Kier alpha value is -1.16. The number of nitrogens with zero attached hydrogens (tertiary/aromatic N) is 3. The first kappa shape index (κ1) is 9.40. The van der Waals surface area contributed by atoms with Crippen LogP contribution in [-0.4, -0.2) is 35.6 Å². The van der Waals surface area contributed by atoms with Crippen molar-refractivity contribution in [1.29, 1.82) is 0 Å². The van der Waals surface area contributed by atoms with Gasteiger partial charge in [-0.25, -0.2) is 9.97 Å². The maximum atomic E-state index is 4.28. The van der Waals surface area contributed by atoms with Crippen molar-refractivity contribution in [3.63, 3.8) is 0 Å². The number of anilines is 1. The summed E-state index contributed by atoms with van der Waals surface area (Å²) in [6.45, 7) is 5.36. The summed E-state index contributed by atoms with van der Waals surface area (Å²) in [5.41, 5.74) is 0. The second-order valence-corrected chi connectivity index (χ2v) is 3.50. The van der Waals surface area contributed by atoms with Gasteiger partial charge in [0.25, 0.3) is 0 Å². The molecule has 1 unspecified atom stereocenters. The summed E-state index contributed by atoms with van der Waals surface area (Å²) in [6.07, 6.45) is 4.62. The Labute approximate surface area is 84.4 Å². The van der Waals surface area contributed by atoms with Gasteiger partial charge in [0.2, 0.25) is 0 Å². The summed E-state index contributed by atoms with van der Waals surface area (Å²) < 4.78 is 0. The van der Waals surface area contributed by atoms with Crippen LogP contribution >= 0.6 is 0 Å². The van der Waals surface area contributed by atoms with Gasteiger partial charge in [-0.05, 0) is 26.0 Å². The van der Waals surface area contributed by atoms with Crippen LogP contribution in [0, 0.1) is 0 Å². The third-order valence-electron chi connectivity index (χ3n) is 2.68. The van der Waals surface area contributed by atoms with Crippen molar-refractivity contribution in [3.05, 3.63) is 18.6 Å². The van der Waals surface area contributed by atoms with Crippen LogP contribution < -0.4 is 10.2 Å². The molecule has 1 fully saturated rings. The lowest BCUT2D eigenvalue weighted by molar-refractivity contribution is 0.639. The van der Waals surface area contributed by atoms with Gasteiger partial charge in [0.1, 0.15) is 12.1 Å². The molecule has 1 aliphatic rings. The zero-order chi connectivity index (χ0) is 9.80. The SMILES string of the molecule is CCN(c1ccncn1)C1CCNC1. The Kier molecular flexibility index (Phi) is 2.93. The van der Waals surface area contributed by atoms with Crippen molar-refractivity contribution in [2.24, 2.45) is 0 Å². The number of aromatic nitrogens is 2. The van der Waals surface area contributed by atoms with Gasteiger partial charge in [0.05, 0.1) is 0 Å². The van der Waals surface area contributed by atoms with E-state index in [1.165, 1.54) is 6.42 Å². The molecule has 0 bridgehead atoms. The minimum absolute atomic E-state index is 0.592. The van der Waals surface area contributed by atoms with E-state index in [2.05, 4.69) is 27.1 Å². The third-order valence-corrected chi connectivity index (χ3v) is 2.68. The first-order valence-corrected chi connectivity index (χ1v) is 5.15. The van der Waals surface area contributed by atoms with E-state index in [9.17, 15) is 0 Å². The maximum absolute atomic E-state index is 4.28. The van der Waals surface area contributed by atoms with Crippen LogP contribution in [0.1, 0.15) is 13.3 Å². The Balaban J connectivity index is 2.12. The van der Waals surface area contributed by atoms with E-state index < -0.39 is 0 Å². The molecule has 0 aromatic carbocycles. The first-order valence-electron chi connectivity index (χ1n) is 5.15. The molecule has 1 aromatic rings. The lowest BCUT2D eigenvalue weighted by Gasteiger charge is -2.27. The van der Waals surface area contributed by atoms with Crippen molar-refractivity contribution >= 4 is 5.82 Å². The molecule has 0 saturated carbocycles. The van der Waals surface area contributed by atoms with E-state index >= 15 is 0 Å². The molecule has 1 atom stereocenters. The molecule has 1 aliphatic heterocycles. The van der Waals surface area contributed by atoms with Crippen LogP contribution in [0.4, 0.5) is 5.82 Å². The second kappa shape index (κ2) is 4.37. The van der Waals surface area contributed by atoms with Crippen LogP contribution in [0.2, 0.25) is 0 Å². The molecule has 4 nitrogen and oxygen atoms in total. The molecule has 4 heteroatoms. The fourth-order valence-corrected chi connectivity index (χ4v) is 1.97. The molecule has 76 valence electrons. The molecule has 2 rings (SSSR count). The topological polar surface area (TPSA) is 41.1 Å². The van der Waals surface area contributed by atoms with Crippen molar-refractivity contribution in [2.75, 3.05) is 24.5 Å². The lowest BCUT2D eigenvalue weighted by atomic mass is 10.2. The smallest absolute Gasteiger partial charge is 0.132 e. The van der Waals surface area contributed by atoms with Crippen molar-refractivity contribution in [2.45, 2.75) is 19.4 Å². The number of rotatable bonds is 3. The van der Waals surface area contributed by atoms with Gasteiger partial charge in [-0.2, -0.15) is 0 Å². The monoisotopic (exact) mass is 192 g/mol. The van der Waals surface area contributed by atoms with Gasteiger partial charge < -0.3 is 10.2 Å². The summed E-state index contributed by atoms with van der Waals surface area (Å²) in [6, 6.07) is 2.57. The molecule has 0 spiro atoms. The van der Waals surface area contributed by atoms with Gasteiger partial charge in [-0.1, -0.05) is 0 Å². The minimum atomic E-state index is 0.592. The van der Waals surface area contributed by atoms with E-state index in [1.54, 1.807) is 12.5 Å². The highest BCUT2D eigenvalue weighted by Crippen LogP contribution is 2.15. The molecule has 0 radical (unpaired) electrons. The lowest BCUT2D eigenvalue weighted by Crippen LogP contribution is -2.37. The third kappa shape index (κ3) is 1.85. The maximum Gasteiger partial charge on any atom is 0.132 e. The zero-order valence-corrected chi connectivity index (χ0v) is 8.48. The predicted octanol–water partition coefficient (Wildman–Crippen LogP) is 0.665. The molecule has 0 aliphatic carbocycles. The summed E-state index contributed by atoms with van der Waals surface area (Å²) in [5, 5.41) is 3.37. The quantitative estimate of drug-likeness (QED) is 0.764. The highest BCUT2D eigenvalue weighted by molar-refractivity contribution is 5.38. The van der Waals surface area contributed by atoms with Gasteiger partial charge in [-0.15, -0.1) is 0 Å². The Bertz CT molecular complexity index is 269. The van der Waals surface area contributed by atoms with Gasteiger partial charge in [0.15, 0.2) is 0 Å². The van der Waals surface area contributed by atoms with Gasteiger partial charge >= 0.3 is 0 Å². The standard InChI is InChI=1S/C10H16N4/c1-2-14(9-3-5-11-7-9)10-4-6-12-8-13-10/h4,6,8-9,11H,2-3,5,7H2,1H3. The number of hydrogen-bond acceptors (Lipinski definition) is 4. The van der Waals surface area contributed by atoms with E-state index in [4.69, 9.17) is 0 Å². The largest absolute Gasteiger partial charge is 0.352 e. The van der Waals surface area contributed by atoms with Gasteiger partial charge in [0, 0.05) is 25.3 Å². The Morgan fingerprint density at radius 3 is 3.14 bits per heavy atom. The summed E-state index contributed by atoms with van der Waals surface area (Å²) >= 11 is 0. The average Bonchev–Trinajstić information content (AvgIpc) is 2.74. The molecular weight excluding hydrogens is 176 g/mol. The van der Waals surface area contributed by atoms with Crippen LogP contribution in [0.25, 0.3) is 0 Å². The van der Waals surface area contributed by atoms with Crippen LogP contribution in [0.5, 0.6) is 0 Å². The molecule has 14 heavy (non-hydrogen) atoms. The number of likely N-dealkylation sites (N-methyl/N-ethyl adjacent to an activating group) is 1. The molecule has 1 saturated heterocycles. The molecule has 0 amide bonds. The predicted molar refractivity (Wildman–Crippen MR) is 56.3 cm³/mol. The van der Waals surface area contributed by atoms with Crippen molar-refractivity contribution in [3.8, 4) is 0 Å². The summed E-state index contributed by atoms with van der Waals surface area (Å²) in [5.74, 6) is 1.04. The van der Waals surface area contributed by atoms with Crippen molar-refractivity contribution in [1.82, 2.24) is 15.3 Å². The number of nitrogens with one attached hydrogen (secondary N) is 1. The second-order valence-electron chi connectivity index (χ2n) is 3.50. The van der Waals surface area contributed by atoms with Gasteiger partial charge in [-0.3, -0.25) is 0 Å². The average molecular weight is 192 g/mol.